The van der Waals surface area contributed by atoms with Crippen molar-refractivity contribution in [3.05, 3.63) is 29.3 Å². The maximum Gasteiger partial charge on any atom is 0.319 e. The molecule has 2 aromatic rings. The maximum atomic E-state index is 11.9. The minimum absolute atomic E-state index is 0.112. The third kappa shape index (κ3) is 1.63. The van der Waals surface area contributed by atoms with Gasteiger partial charge in [-0.3, -0.25) is 4.79 Å². The zero-order valence-corrected chi connectivity index (χ0v) is 10.4. The third-order valence-corrected chi connectivity index (χ3v) is 4.36. The topological polar surface area (TPSA) is 39.2 Å². The summed E-state index contributed by atoms with van der Waals surface area (Å²) in [5.74, 6) is -0.112. The average molecular weight is 247 g/mol. The lowest BCUT2D eigenvalue weighted by Gasteiger charge is -2.09. The molecule has 88 valence electrons. The van der Waals surface area contributed by atoms with E-state index in [1.54, 1.807) is 11.3 Å². The molecule has 0 saturated heterocycles. The van der Waals surface area contributed by atoms with Crippen LogP contribution in [0.4, 0.5) is 0 Å². The first kappa shape index (κ1) is 10.7. The third-order valence-electron chi connectivity index (χ3n) is 3.12. The zero-order chi connectivity index (χ0) is 11.9. The van der Waals surface area contributed by atoms with E-state index in [1.165, 1.54) is 0 Å². The van der Waals surface area contributed by atoms with Crippen LogP contribution in [0.25, 0.3) is 10.2 Å². The van der Waals surface area contributed by atoms with Gasteiger partial charge in [-0.05, 0) is 31.9 Å². The number of fused-ring (bicyclic) bond motifs is 1. The molecule has 1 heterocycles. The van der Waals surface area contributed by atoms with Crippen molar-refractivity contribution < 1.29 is 9.53 Å². The van der Waals surface area contributed by atoms with E-state index < -0.39 is 5.41 Å². The second-order valence-electron chi connectivity index (χ2n) is 4.29. The van der Waals surface area contributed by atoms with E-state index in [4.69, 9.17) is 4.74 Å². The van der Waals surface area contributed by atoms with Crippen molar-refractivity contribution in [3.63, 3.8) is 0 Å². The van der Waals surface area contributed by atoms with Crippen LogP contribution in [0.3, 0.4) is 0 Å². The molecule has 1 aliphatic rings. The number of hydrogen-bond acceptors (Lipinski definition) is 4. The van der Waals surface area contributed by atoms with Crippen LogP contribution in [-0.4, -0.2) is 17.6 Å². The van der Waals surface area contributed by atoms with E-state index in [-0.39, 0.29) is 5.97 Å². The van der Waals surface area contributed by atoms with E-state index in [2.05, 4.69) is 4.98 Å². The van der Waals surface area contributed by atoms with Gasteiger partial charge < -0.3 is 4.74 Å². The molecule has 1 fully saturated rings. The number of ether oxygens (including phenoxy) is 1. The van der Waals surface area contributed by atoms with Crippen molar-refractivity contribution in [3.8, 4) is 0 Å². The van der Waals surface area contributed by atoms with Gasteiger partial charge in [-0.25, -0.2) is 4.98 Å². The standard InChI is InChI=1S/C13H13NO2S/c1-2-16-12(15)13(7-8-13)11-14-9-5-3-4-6-10(9)17-11/h3-6H,2,7-8H2,1H3. The fraction of sp³-hybridized carbons (Fsp3) is 0.385. The highest BCUT2D eigenvalue weighted by Crippen LogP contribution is 2.51. The smallest absolute Gasteiger partial charge is 0.319 e. The Hall–Kier alpha value is -1.42. The summed E-state index contributed by atoms with van der Waals surface area (Å²) in [6.45, 7) is 2.28. The predicted octanol–water partition coefficient (Wildman–Crippen LogP) is 2.89. The molecule has 1 aromatic carbocycles. The van der Waals surface area contributed by atoms with Crippen molar-refractivity contribution in [2.24, 2.45) is 0 Å². The van der Waals surface area contributed by atoms with Gasteiger partial charge in [0, 0.05) is 0 Å². The number of hydrogen-bond donors (Lipinski definition) is 0. The van der Waals surface area contributed by atoms with Crippen LogP contribution in [-0.2, 0) is 14.9 Å². The molecule has 0 spiro atoms. The molecule has 0 atom stereocenters. The van der Waals surface area contributed by atoms with E-state index >= 15 is 0 Å². The van der Waals surface area contributed by atoms with Crippen LogP contribution < -0.4 is 0 Å². The number of nitrogens with zero attached hydrogens (tertiary/aromatic N) is 1. The molecule has 3 nitrogen and oxygen atoms in total. The number of esters is 1. The number of para-hydroxylation sites is 1. The summed E-state index contributed by atoms with van der Waals surface area (Å²) in [6, 6.07) is 7.98. The molecule has 3 rings (SSSR count). The largest absolute Gasteiger partial charge is 0.465 e. The van der Waals surface area contributed by atoms with Crippen LogP contribution in [0, 0.1) is 0 Å². The van der Waals surface area contributed by atoms with Crippen molar-refractivity contribution in [1.82, 2.24) is 4.98 Å². The van der Waals surface area contributed by atoms with Crippen LogP contribution in [0.1, 0.15) is 24.8 Å². The Morgan fingerprint density at radius 2 is 2.24 bits per heavy atom. The Morgan fingerprint density at radius 1 is 1.47 bits per heavy atom. The highest BCUT2D eigenvalue weighted by atomic mass is 32.1. The first-order valence-corrected chi connectivity index (χ1v) is 6.61. The van der Waals surface area contributed by atoms with E-state index in [0.717, 1.165) is 28.1 Å². The summed E-state index contributed by atoms with van der Waals surface area (Å²) in [7, 11) is 0. The monoisotopic (exact) mass is 247 g/mol. The number of benzene rings is 1. The molecule has 0 unspecified atom stereocenters. The molecule has 4 heteroatoms. The van der Waals surface area contributed by atoms with Gasteiger partial charge in [0.25, 0.3) is 0 Å². The van der Waals surface area contributed by atoms with Gasteiger partial charge in [0.05, 0.1) is 16.8 Å². The number of thiazole rings is 1. The fourth-order valence-corrected chi connectivity index (χ4v) is 3.18. The molecule has 0 N–H and O–H groups in total. The lowest BCUT2D eigenvalue weighted by Crippen LogP contribution is -2.22. The second kappa shape index (κ2) is 3.81. The van der Waals surface area contributed by atoms with Gasteiger partial charge in [-0.2, -0.15) is 0 Å². The van der Waals surface area contributed by atoms with Crippen LogP contribution in [0.5, 0.6) is 0 Å². The Labute approximate surface area is 103 Å². The van der Waals surface area contributed by atoms with Crippen molar-refractivity contribution >= 4 is 27.5 Å². The second-order valence-corrected chi connectivity index (χ2v) is 5.32. The van der Waals surface area contributed by atoms with E-state index in [1.807, 2.05) is 31.2 Å². The van der Waals surface area contributed by atoms with Gasteiger partial charge in [0.15, 0.2) is 0 Å². The number of carbonyl (C=O) groups is 1. The molecular weight excluding hydrogens is 234 g/mol. The molecular formula is C13H13NO2S. The molecule has 0 bridgehead atoms. The Bertz CT molecular complexity index is 539. The summed E-state index contributed by atoms with van der Waals surface area (Å²) in [5, 5.41) is 0.914. The lowest BCUT2D eigenvalue weighted by molar-refractivity contribution is -0.146. The van der Waals surface area contributed by atoms with Crippen molar-refractivity contribution in [2.45, 2.75) is 25.2 Å². The molecule has 1 aliphatic carbocycles. The highest BCUT2D eigenvalue weighted by molar-refractivity contribution is 7.18. The molecule has 1 saturated carbocycles. The van der Waals surface area contributed by atoms with Gasteiger partial charge in [0.1, 0.15) is 10.4 Å². The highest BCUT2D eigenvalue weighted by Gasteiger charge is 2.55. The quantitative estimate of drug-likeness (QED) is 0.783. The van der Waals surface area contributed by atoms with Crippen LogP contribution in [0.2, 0.25) is 0 Å². The first-order valence-electron chi connectivity index (χ1n) is 5.79. The molecule has 0 aliphatic heterocycles. The number of aromatic nitrogens is 1. The SMILES string of the molecule is CCOC(=O)C1(c2nc3ccccc3s2)CC1. The van der Waals surface area contributed by atoms with E-state index in [0.29, 0.717) is 6.61 Å². The van der Waals surface area contributed by atoms with Gasteiger partial charge >= 0.3 is 5.97 Å². The molecule has 0 radical (unpaired) electrons. The minimum Gasteiger partial charge on any atom is -0.465 e. The predicted molar refractivity (Wildman–Crippen MR) is 67.2 cm³/mol. The lowest BCUT2D eigenvalue weighted by atomic mass is 10.1. The van der Waals surface area contributed by atoms with Crippen molar-refractivity contribution in [2.75, 3.05) is 6.61 Å². The van der Waals surface area contributed by atoms with Gasteiger partial charge in [-0.1, -0.05) is 12.1 Å². The van der Waals surface area contributed by atoms with E-state index in [9.17, 15) is 4.79 Å². The van der Waals surface area contributed by atoms with Crippen LogP contribution >= 0.6 is 11.3 Å². The first-order chi connectivity index (χ1) is 8.26. The normalized spacial score (nSPS) is 17.0. The molecule has 0 amide bonds. The summed E-state index contributed by atoms with van der Waals surface area (Å²) < 4.78 is 6.28. The Balaban J connectivity index is 2.01. The zero-order valence-electron chi connectivity index (χ0n) is 9.60. The number of carbonyl (C=O) groups excluding carboxylic acids is 1. The van der Waals surface area contributed by atoms with Crippen LogP contribution in [0.15, 0.2) is 24.3 Å². The van der Waals surface area contributed by atoms with Crippen molar-refractivity contribution in [1.29, 1.82) is 0 Å². The molecule has 1 aromatic heterocycles. The summed E-state index contributed by atoms with van der Waals surface area (Å²) in [4.78, 5) is 16.5. The summed E-state index contributed by atoms with van der Waals surface area (Å²) in [6.07, 6.45) is 1.73. The van der Waals surface area contributed by atoms with Gasteiger partial charge in [0.2, 0.25) is 0 Å². The average Bonchev–Trinajstić information content (AvgIpc) is 3.03. The maximum absolute atomic E-state index is 11.9. The Morgan fingerprint density at radius 3 is 2.88 bits per heavy atom. The van der Waals surface area contributed by atoms with Gasteiger partial charge in [-0.15, -0.1) is 11.3 Å². The Kier molecular flexibility index (Phi) is 2.40. The number of rotatable bonds is 3. The summed E-state index contributed by atoms with van der Waals surface area (Å²) >= 11 is 1.61. The fourth-order valence-electron chi connectivity index (χ4n) is 1.98. The molecule has 17 heavy (non-hydrogen) atoms. The minimum atomic E-state index is -0.431. The summed E-state index contributed by atoms with van der Waals surface area (Å²) in [5.41, 5.74) is 0.544.